The van der Waals surface area contributed by atoms with Crippen molar-refractivity contribution in [1.82, 2.24) is 0 Å². The molecule has 0 N–H and O–H groups in total. The maximum atomic E-state index is 10.8. The Morgan fingerprint density at radius 2 is 2.30 bits per heavy atom. The van der Waals surface area contributed by atoms with Crippen molar-refractivity contribution in [2.24, 2.45) is 5.18 Å². The number of carbonyl (C=O) groups excluding carboxylic acids is 1. The Balaban J connectivity index is 4.20. The van der Waals surface area contributed by atoms with Gasteiger partial charge in [0.05, 0.1) is 0 Å². The molecule has 0 aromatic heterocycles. The van der Waals surface area contributed by atoms with Crippen molar-refractivity contribution < 1.29 is 4.79 Å². The molecule has 0 rings (SSSR count). The summed E-state index contributed by atoms with van der Waals surface area (Å²) in [4.78, 5) is 20.8. The molecule has 0 saturated heterocycles. The van der Waals surface area contributed by atoms with Crippen LogP contribution < -0.4 is 0 Å². The Morgan fingerprint density at radius 1 is 1.80 bits per heavy atom. The lowest BCUT2D eigenvalue weighted by molar-refractivity contribution is -0.119. The molecule has 56 valence electrons. The second-order valence-corrected chi connectivity index (χ2v) is 2.64. The smallest absolute Gasteiger partial charge is 0.174 e. The van der Waals surface area contributed by atoms with E-state index in [9.17, 15) is 9.70 Å². The van der Waals surface area contributed by atoms with Crippen LogP contribution in [-0.4, -0.2) is 11.8 Å². The van der Waals surface area contributed by atoms with Crippen LogP contribution in [0.4, 0.5) is 0 Å². The van der Waals surface area contributed by atoms with E-state index in [1.807, 2.05) is 0 Å². The van der Waals surface area contributed by atoms with E-state index in [1.165, 1.54) is 0 Å². The first-order valence-electron chi connectivity index (χ1n) is 2.93. The summed E-state index contributed by atoms with van der Waals surface area (Å²) in [5.41, 5.74) is 0. The zero-order chi connectivity index (χ0) is 8.15. The van der Waals surface area contributed by atoms with Crippen LogP contribution in [-0.2, 0) is 4.79 Å². The molecule has 0 aromatic rings. The first-order chi connectivity index (χ1) is 4.63. The lowest BCUT2D eigenvalue weighted by Gasteiger charge is -2.03. The molecule has 0 fully saturated rings. The van der Waals surface area contributed by atoms with Crippen molar-refractivity contribution in [2.75, 3.05) is 0 Å². The molecule has 3 nitrogen and oxygen atoms in total. The summed E-state index contributed by atoms with van der Waals surface area (Å²) in [5, 5.41) is 3.07. The number of hydrogen-bond donors (Lipinski definition) is 0. The molecule has 0 aliphatic rings. The van der Waals surface area contributed by atoms with Gasteiger partial charge in [-0.2, -0.15) is 0 Å². The van der Waals surface area contributed by atoms with Crippen LogP contribution in [0.25, 0.3) is 0 Å². The number of Topliss-reactive ketones (excluding diaryl/α,β-unsaturated/α-hetero) is 1. The third-order valence-electron chi connectivity index (χ3n) is 1.11. The average molecular weight is 159 g/mol. The third kappa shape index (κ3) is 2.36. The van der Waals surface area contributed by atoms with Crippen molar-refractivity contribution in [3.8, 4) is 0 Å². The van der Waals surface area contributed by atoms with E-state index in [-0.39, 0.29) is 5.78 Å². The van der Waals surface area contributed by atoms with E-state index >= 15 is 0 Å². The highest BCUT2D eigenvalue weighted by molar-refractivity contribution is 7.22. The molecule has 0 heterocycles. The minimum atomic E-state index is -0.866. The van der Waals surface area contributed by atoms with Gasteiger partial charge in [-0.05, 0) is 5.31 Å². The Bertz CT molecular complexity index is 167. The Labute approximate surface area is 62.1 Å². The molecular weight excluding hydrogens is 149 g/mol. The van der Waals surface area contributed by atoms with Gasteiger partial charge >= 0.3 is 0 Å². The van der Waals surface area contributed by atoms with Crippen LogP contribution in [0.15, 0.2) is 17.1 Å². The first-order valence-corrected chi connectivity index (χ1v) is 3.50. The molecule has 0 aromatic carbocycles. The van der Waals surface area contributed by atoms with Gasteiger partial charge in [-0.15, -0.1) is 14.1 Å². The number of nitroso groups, excluding NO2 is 1. The summed E-state index contributed by atoms with van der Waals surface area (Å²) in [5.74, 6) is -0.185. The van der Waals surface area contributed by atoms with Crippen LogP contribution in [0.5, 0.6) is 0 Å². The fourth-order valence-corrected chi connectivity index (χ4v) is 0.773. The number of rotatable bonds is 4. The zero-order valence-electron chi connectivity index (χ0n) is 5.83. The predicted octanol–water partition coefficient (Wildman–Crippen LogP) is 1.49. The second-order valence-electron chi connectivity index (χ2n) is 1.90. The van der Waals surface area contributed by atoms with Gasteiger partial charge in [0, 0.05) is 6.42 Å². The maximum Gasteiger partial charge on any atom is 0.174 e. The molecule has 0 aliphatic carbocycles. The Hall–Kier alpha value is -0.560. The Morgan fingerprint density at radius 3 is 2.40 bits per heavy atom. The highest BCUT2D eigenvalue weighted by Crippen LogP contribution is 2.13. The van der Waals surface area contributed by atoms with Gasteiger partial charge in [0.15, 0.2) is 11.8 Å². The monoisotopic (exact) mass is 159 g/mol. The van der Waals surface area contributed by atoms with E-state index in [2.05, 4.69) is 21.0 Å². The molecule has 0 radical (unpaired) electrons. The maximum absolute atomic E-state index is 10.8. The summed E-state index contributed by atoms with van der Waals surface area (Å²) < 4.78 is 0. The standard InChI is InChI=1S/C6H10NO2P/c1-3-5(8)6(7-9)4(2)10/h6H,2-3,10H2,1H3. The van der Waals surface area contributed by atoms with Crippen LogP contribution in [0.2, 0.25) is 0 Å². The number of ketones is 1. The normalized spacial score (nSPS) is 12.2. The van der Waals surface area contributed by atoms with E-state index in [0.29, 0.717) is 11.7 Å². The van der Waals surface area contributed by atoms with Crippen molar-refractivity contribution in [3.05, 3.63) is 16.8 Å². The summed E-state index contributed by atoms with van der Waals surface area (Å²) in [6.45, 7) is 5.13. The topological polar surface area (TPSA) is 46.5 Å². The molecule has 0 aliphatic heterocycles. The minimum Gasteiger partial charge on any atom is -0.297 e. The van der Waals surface area contributed by atoms with Crippen LogP contribution in [0.1, 0.15) is 13.3 Å². The SMILES string of the molecule is C=C(P)C(N=O)C(=O)CC. The zero-order valence-corrected chi connectivity index (χ0v) is 6.99. The van der Waals surface area contributed by atoms with E-state index in [1.54, 1.807) is 6.92 Å². The van der Waals surface area contributed by atoms with E-state index in [0.717, 1.165) is 0 Å². The molecule has 2 unspecified atom stereocenters. The average Bonchev–Trinajstić information content (AvgIpc) is 1.88. The molecule has 0 spiro atoms. The van der Waals surface area contributed by atoms with E-state index < -0.39 is 6.04 Å². The van der Waals surface area contributed by atoms with Crippen molar-refractivity contribution in [3.63, 3.8) is 0 Å². The quantitative estimate of drug-likeness (QED) is 0.460. The van der Waals surface area contributed by atoms with Crippen LogP contribution in [0.3, 0.4) is 0 Å². The van der Waals surface area contributed by atoms with Gasteiger partial charge in [0.2, 0.25) is 0 Å². The van der Waals surface area contributed by atoms with Gasteiger partial charge in [-0.3, -0.25) is 4.79 Å². The number of hydrogen-bond acceptors (Lipinski definition) is 3. The molecular formula is C6H10NO2P. The van der Waals surface area contributed by atoms with Gasteiger partial charge in [-0.1, -0.05) is 18.7 Å². The highest BCUT2D eigenvalue weighted by atomic mass is 31.0. The molecule has 0 saturated carbocycles. The Kier molecular flexibility index (Phi) is 4.05. The van der Waals surface area contributed by atoms with Crippen LogP contribution in [0, 0.1) is 4.91 Å². The van der Waals surface area contributed by atoms with Crippen molar-refractivity contribution in [1.29, 1.82) is 0 Å². The summed E-state index contributed by atoms with van der Waals surface area (Å²) in [6.07, 6.45) is 0.323. The van der Waals surface area contributed by atoms with Gasteiger partial charge in [0.1, 0.15) is 0 Å². The second kappa shape index (κ2) is 4.29. The number of nitrogens with zero attached hydrogens (tertiary/aromatic N) is 1. The summed E-state index contributed by atoms with van der Waals surface area (Å²) >= 11 is 0. The largest absolute Gasteiger partial charge is 0.297 e. The fourth-order valence-electron chi connectivity index (χ4n) is 0.527. The summed E-state index contributed by atoms with van der Waals surface area (Å²) in [7, 11) is 2.21. The van der Waals surface area contributed by atoms with Crippen molar-refractivity contribution in [2.45, 2.75) is 19.4 Å². The predicted molar refractivity (Wildman–Crippen MR) is 43.7 cm³/mol. The van der Waals surface area contributed by atoms with E-state index in [4.69, 9.17) is 0 Å². The van der Waals surface area contributed by atoms with Crippen LogP contribution >= 0.6 is 9.24 Å². The number of carbonyl (C=O) groups is 1. The third-order valence-corrected chi connectivity index (χ3v) is 1.43. The molecule has 2 atom stereocenters. The minimum absolute atomic E-state index is 0.185. The summed E-state index contributed by atoms with van der Waals surface area (Å²) in [6, 6.07) is -0.866. The fraction of sp³-hybridized carbons (Fsp3) is 0.500. The van der Waals surface area contributed by atoms with Gasteiger partial charge in [0.25, 0.3) is 0 Å². The highest BCUT2D eigenvalue weighted by Gasteiger charge is 2.17. The molecule has 10 heavy (non-hydrogen) atoms. The molecule has 0 bridgehead atoms. The molecule has 4 heteroatoms. The lowest BCUT2D eigenvalue weighted by Crippen LogP contribution is -2.16. The van der Waals surface area contributed by atoms with Crippen molar-refractivity contribution >= 4 is 15.0 Å². The van der Waals surface area contributed by atoms with Gasteiger partial charge in [-0.25, -0.2) is 0 Å². The van der Waals surface area contributed by atoms with Gasteiger partial charge < -0.3 is 0 Å². The first kappa shape index (κ1) is 9.44. The molecule has 0 amide bonds. The lowest BCUT2D eigenvalue weighted by atomic mass is 10.1.